The van der Waals surface area contributed by atoms with Crippen LogP contribution in [0.1, 0.15) is 48.7 Å². The zero-order valence-electron chi connectivity index (χ0n) is 17.2. The summed E-state index contributed by atoms with van der Waals surface area (Å²) >= 11 is 0. The summed E-state index contributed by atoms with van der Waals surface area (Å²) in [5.41, 5.74) is 4.96. The van der Waals surface area contributed by atoms with Crippen molar-refractivity contribution in [2.75, 3.05) is 6.54 Å². The molecule has 3 aromatic rings. The fourth-order valence-electron chi connectivity index (χ4n) is 5.78. The molecule has 144 valence electrons. The number of fused-ring (bicyclic) bond motifs is 5. The molecule has 3 nitrogen and oxygen atoms in total. The molecule has 1 saturated heterocycles. The van der Waals surface area contributed by atoms with E-state index in [1.54, 1.807) is 0 Å². The van der Waals surface area contributed by atoms with Gasteiger partial charge >= 0.3 is 0 Å². The third kappa shape index (κ3) is 2.13. The molecule has 1 aliphatic carbocycles. The second-order valence-electron chi connectivity index (χ2n) is 9.35. The first kappa shape index (κ1) is 17.5. The topological polar surface area (TPSA) is 25.2 Å². The van der Waals surface area contributed by atoms with E-state index < -0.39 is 0 Å². The van der Waals surface area contributed by atoms with E-state index in [1.165, 1.54) is 11.1 Å². The van der Waals surface area contributed by atoms with Gasteiger partial charge in [-0.1, -0.05) is 63.2 Å². The number of benzene rings is 2. The van der Waals surface area contributed by atoms with Gasteiger partial charge in [-0.15, -0.1) is 0 Å². The molecule has 1 fully saturated rings. The minimum absolute atomic E-state index is 0.0276. The van der Waals surface area contributed by atoms with Crippen molar-refractivity contribution in [2.45, 2.75) is 45.1 Å². The summed E-state index contributed by atoms with van der Waals surface area (Å²) in [6.07, 6.45) is 3.95. The molecule has 3 heteroatoms. The lowest BCUT2D eigenvalue weighted by Gasteiger charge is -2.60. The molecular weight excluding hydrogens is 344 g/mol. The Kier molecular flexibility index (Phi) is 3.59. The zero-order valence-corrected chi connectivity index (χ0v) is 17.2. The van der Waals surface area contributed by atoms with Crippen LogP contribution in [0.25, 0.3) is 10.9 Å². The fourth-order valence-corrected chi connectivity index (χ4v) is 5.78. The maximum atomic E-state index is 13.7. The largest absolute Gasteiger partial charge is 0.350 e. The molecule has 2 bridgehead atoms. The minimum Gasteiger partial charge on any atom is -0.350 e. The Hall–Kier alpha value is -2.55. The number of likely N-dealkylation sites (tertiary alicyclic amines) is 1. The maximum Gasteiger partial charge on any atom is 0.256 e. The van der Waals surface area contributed by atoms with Crippen molar-refractivity contribution in [1.29, 1.82) is 0 Å². The molecule has 2 aliphatic rings. The Morgan fingerprint density at radius 3 is 2.57 bits per heavy atom. The summed E-state index contributed by atoms with van der Waals surface area (Å²) in [6.45, 7) is 7.94. The summed E-state index contributed by atoms with van der Waals surface area (Å²) in [5.74, 6) is 0.177. The van der Waals surface area contributed by atoms with Gasteiger partial charge in [0.2, 0.25) is 0 Å². The standard InChI is InChI=1S/C25H28N2O/c1-24(2)22-15-17-9-5-7-11-20(17)25(24,3)13-14-27(22)23(28)19-16-26(4)21-12-8-6-10-18(19)21/h5-12,16,22H,13-15H2,1-4H3/t22-,25+/m1/s1. The molecule has 0 spiro atoms. The van der Waals surface area contributed by atoms with Crippen LogP contribution >= 0.6 is 0 Å². The molecule has 0 radical (unpaired) electrons. The summed E-state index contributed by atoms with van der Waals surface area (Å²) in [5, 5.41) is 1.05. The first-order valence-corrected chi connectivity index (χ1v) is 10.3. The number of hydrogen-bond acceptors (Lipinski definition) is 1. The summed E-state index contributed by atoms with van der Waals surface area (Å²) in [6, 6.07) is 17.3. The number of piperidine rings is 1. The Morgan fingerprint density at radius 2 is 1.75 bits per heavy atom. The number of nitrogens with zero attached hydrogens (tertiary/aromatic N) is 2. The normalized spacial score (nSPS) is 25.6. The van der Waals surface area contributed by atoms with Crippen molar-refractivity contribution in [3.8, 4) is 0 Å². The molecule has 2 heterocycles. The number of aryl methyl sites for hydroxylation is 1. The predicted molar refractivity (Wildman–Crippen MR) is 114 cm³/mol. The summed E-state index contributed by atoms with van der Waals surface area (Å²) in [7, 11) is 2.02. The van der Waals surface area contributed by atoms with Crippen LogP contribution < -0.4 is 0 Å². The first-order valence-electron chi connectivity index (χ1n) is 10.3. The highest BCUT2D eigenvalue weighted by atomic mass is 16.2. The van der Waals surface area contributed by atoms with Crippen molar-refractivity contribution < 1.29 is 4.79 Å². The SMILES string of the molecule is Cn1cc(C(=O)N2CC[C@@]3(C)c4ccccc4C[C@@H]2C3(C)C)c2ccccc21. The quantitative estimate of drug-likeness (QED) is 0.594. The highest BCUT2D eigenvalue weighted by Crippen LogP contribution is 2.56. The van der Waals surface area contributed by atoms with Gasteiger partial charge in [0.25, 0.3) is 5.91 Å². The molecule has 2 aromatic carbocycles. The van der Waals surface area contributed by atoms with Crippen molar-refractivity contribution in [2.24, 2.45) is 12.5 Å². The number of para-hydroxylation sites is 1. The van der Waals surface area contributed by atoms with E-state index in [-0.39, 0.29) is 22.8 Å². The van der Waals surface area contributed by atoms with Gasteiger partial charge in [-0.3, -0.25) is 4.79 Å². The van der Waals surface area contributed by atoms with Crippen molar-refractivity contribution in [3.63, 3.8) is 0 Å². The first-order chi connectivity index (χ1) is 13.3. The number of aromatic nitrogens is 1. The average Bonchev–Trinajstić information content (AvgIpc) is 3.01. The van der Waals surface area contributed by atoms with Gasteiger partial charge in [-0.25, -0.2) is 0 Å². The van der Waals surface area contributed by atoms with E-state index in [0.717, 1.165) is 35.9 Å². The second kappa shape index (κ2) is 5.73. The average molecular weight is 373 g/mol. The molecule has 1 amide bonds. The molecule has 5 rings (SSSR count). The highest BCUT2D eigenvalue weighted by Gasteiger charge is 2.56. The predicted octanol–water partition coefficient (Wildman–Crippen LogP) is 4.93. The number of carbonyl (C=O) groups excluding carboxylic acids is 1. The Bertz CT molecular complexity index is 1090. The van der Waals surface area contributed by atoms with Gasteiger partial charge < -0.3 is 9.47 Å². The lowest BCUT2D eigenvalue weighted by atomic mass is 9.51. The summed E-state index contributed by atoms with van der Waals surface area (Å²) in [4.78, 5) is 15.9. The van der Waals surface area contributed by atoms with Crippen LogP contribution in [0.4, 0.5) is 0 Å². The smallest absolute Gasteiger partial charge is 0.256 e. The molecule has 0 saturated carbocycles. The number of carbonyl (C=O) groups is 1. The molecule has 0 N–H and O–H groups in total. The number of hydrogen-bond donors (Lipinski definition) is 0. The van der Waals surface area contributed by atoms with Crippen molar-refractivity contribution in [3.05, 3.63) is 71.4 Å². The Morgan fingerprint density at radius 1 is 1.04 bits per heavy atom. The van der Waals surface area contributed by atoms with Crippen LogP contribution in [0.15, 0.2) is 54.7 Å². The highest BCUT2D eigenvalue weighted by molar-refractivity contribution is 6.07. The van der Waals surface area contributed by atoms with Gasteiger partial charge in [0, 0.05) is 42.1 Å². The van der Waals surface area contributed by atoms with Crippen molar-refractivity contribution in [1.82, 2.24) is 9.47 Å². The van der Waals surface area contributed by atoms with Crippen LogP contribution in [0.3, 0.4) is 0 Å². The van der Waals surface area contributed by atoms with E-state index in [2.05, 4.69) is 66.6 Å². The maximum absolute atomic E-state index is 13.7. The number of rotatable bonds is 1. The van der Waals surface area contributed by atoms with Gasteiger partial charge in [0.15, 0.2) is 0 Å². The van der Waals surface area contributed by atoms with E-state index in [4.69, 9.17) is 0 Å². The third-order valence-corrected chi connectivity index (χ3v) is 7.90. The van der Waals surface area contributed by atoms with Crippen LogP contribution in [0.5, 0.6) is 0 Å². The molecule has 0 unspecified atom stereocenters. The molecule has 1 aliphatic heterocycles. The molecule has 2 atom stereocenters. The van der Waals surface area contributed by atoms with Crippen LogP contribution in [-0.2, 0) is 18.9 Å². The van der Waals surface area contributed by atoms with E-state index in [0.29, 0.717) is 0 Å². The third-order valence-electron chi connectivity index (χ3n) is 7.90. The number of amides is 1. The van der Waals surface area contributed by atoms with Gasteiger partial charge in [-0.05, 0) is 35.4 Å². The van der Waals surface area contributed by atoms with Crippen molar-refractivity contribution >= 4 is 16.8 Å². The van der Waals surface area contributed by atoms with E-state index in [9.17, 15) is 4.79 Å². The molecular formula is C25H28N2O. The lowest BCUT2D eigenvalue weighted by molar-refractivity contribution is -0.0261. The second-order valence-corrected chi connectivity index (χ2v) is 9.35. The van der Waals surface area contributed by atoms with Crippen LogP contribution in [0.2, 0.25) is 0 Å². The minimum atomic E-state index is 0.0276. The molecule has 1 aromatic heterocycles. The van der Waals surface area contributed by atoms with Crippen LogP contribution in [0, 0.1) is 5.41 Å². The Balaban J connectivity index is 1.61. The Labute approximate surface area is 167 Å². The van der Waals surface area contributed by atoms with E-state index in [1.807, 2.05) is 25.4 Å². The lowest BCUT2D eigenvalue weighted by Crippen LogP contribution is -2.64. The molecule has 28 heavy (non-hydrogen) atoms. The fraction of sp³-hybridized carbons (Fsp3) is 0.400. The van der Waals surface area contributed by atoms with Gasteiger partial charge in [-0.2, -0.15) is 0 Å². The van der Waals surface area contributed by atoms with E-state index >= 15 is 0 Å². The monoisotopic (exact) mass is 372 g/mol. The zero-order chi connectivity index (χ0) is 19.7. The van der Waals surface area contributed by atoms with Crippen LogP contribution in [-0.4, -0.2) is 28.0 Å². The summed E-state index contributed by atoms with van der Waals surface area (Å²) < 4.78 is 2.07. The van der Waals surface area contributed by atoms with Gasteiger partial charge in [0.1, 0.15) is 0 Å². The van der Waals surface area contributed by atoms with Gasteiger partial charge in [0.05, 0.1) is 5.56 Å².